The highest BCUT2D eigenvalue weighted by Crippen LogP contribution is 2.65. The predicted molar refractivity (Wildman–Crippen MR) is 303 cm³/mol. The van der Waals surface area contributed by atoms with Crippen LogP contribution in [0.5, 0.6) is 11.5 Å². The van der Waals surface area contributed by atoms with E-state index in [0.29, 0.717) is 0 Å². The van der Waals surface area contributed by atoms with Gasteiger partial charge in [-0.2, -0.15) is 0 Å². The Hall–Kier alpha value is -8.40. The Balaban J connectivity index is 1.14. The van der Waals surface area contributed by atoms with Gasteiger partial charge in [0.2, 0.25) is 0 Å². The normalized spacial score (nSPS) is 13.4. The lowest BCUT2D eigenvalue weighted by atomic mass is 9.66. The lowest BCUT2D eigenvalue weighted by Crippen LogP contribution is -2.32. The van der Waals surface area contributed by atoms with Crippen molar-refractivity contribution in [2.45, 2.75) is 57.8 Å². The fourth-order valence-corrected chi connectivity index (χ4v) is 11.9. The zero-order valence-corrected chi connectivity index (χ0v) is 41.7. The van der Waals surface area contributed by atoms with Gasteiger partial charge < -0.3 is 14.5 Å². The summed E-state index contributed by atoms with van der Waals surface area (Å²) in [6, 6.07) is 85.7. The van der Waals surface area contributed by atoms with E-state index in [2.05, 4.69) is 282 Å². The number of anilines is 6. The van der Waals surface area contributed by atoms with Crippen LogP contribution in [0.4, 0.5) is 34.1 Å². The fraction of sp³-hybridized carbons (Fsp3) is 0.130. The molecular formula is C69H56N2O. The summed E-state index contributed by atoms with van der Waals surface area (Å²) in [5.41, 5.74) is 15.7. The third kappa shape index (κ3) is 6.71. The summed E-state index contributed by atoms with van der Waals surface area (Å²) in [6.45, 7) is 13.7. The highest BCUT2D eigenvalue weighted by molar-refractivity contribution is 6.13. The van der Waals surface area contributed by atoms with E-state index in [9.17, 15) is 0 Å². The van der Waals surface area contributed by atoms with Crippen molar-refractivity contribution < 1.29 is 4.74 Å². The van der Waals surface area contributed by atoms with Crippen molar-refractivity contribution in [3.8, 4) is 22.6 Å². The summed E-state index contributed by atoms with van der Waals surface area (Å²) in [6.07, 6.45) is 0. The Morgan fingerprint density at radius 2 is 0.778 bits per heavy atom. The molecule has 348 valence electrons. The molecule has 13 rings (SSSR count). The van der Waals surface area contributed by atoms with Crippen LogP contribution >= 0.6 is 0 Å². The van der Waals surface area contributed by atoms with Gasteiger partial charge in [-0.15, -0.1) is 0 Å². The first-order valence-electron chi connectivity index (χ1n) is 25.3. The van der Waals surface area contributed by atoms with Gasteiger partial charge in [-0.05, 0) is 127 Å². The zero-order valence-electron chi connectivity index (χ0n) is 41.7. The molecule has 3 heteroatoms. The van der Waals surface area contributed by atoms with Crippen LogP contribution in [0.1, 0.15) is 74.9 Å². The van der Waals surface area contributed by atoms with E-state index in [-0.39, 0.29) is 10.8 Å². The largest absolute Gasteiger partial charge is 0.457 e. The first-order valence-corrected chi connectivity index (χ1v) is 25.3. The molecule has 0 saturated carbocycles. The molecular weight excluding hydrogens is 873 g/mol. The van der Waals surface area contributed by atoms with Crippen molar-refractivity contribution in [3.63, 3.8) is 0 Å². The van der Waals surface area contributed by atoms with E-state index in [1.807, 2.05) is 0 Å². The van der Waals surface area contributed by atoms with E-state index in [0.717, 1.165) is 56.8 Å². The highest BCUT2D eigenvalue weighted by Gasteiger charge is 2.52. The summed E-state index contributed by atoms with van der Waals surface area (Å²) >= 11 is 0. The van der Waals surface area contributed by atoms with Crippen LogP contribution in [0.2, 0.25) is 0 Å². The van der Waals surface area contributed by atoms with Crippen molar-refractivity contribution >= 4 is 66.4 Å². The van der Waals surface area contributed by atoms with Gasteiger partial charge in [0.1, 0.15) is 11.5 Å². The van der Waals surface area contributed by atoms with E-state index in [4.69, 9.17) is 4.74 Å². The number of ether oxygens (including phenoxy) is 1. The van der Waals surface area contributed by atoms with Crippen molar-refractivity contribution in [3.05, 3.63) is 264 Å². The van der Waals surface area contributed by atoms with Crippen LogP contribution in [-0.4, -0.2) is 0 Å². The van der Waals surface area contributed by atoms with Crippen molar-refractivity contribution in [2.24, 2.45) is 0 Å². The van der Waals surface area contributed by atoms with Gasteiger partial charge in [0.25, 0.3) is 0 Å². The third-order valence-corrected chi connectivity index (χ3v) is 15.4. The number of hydrogen-bond acceptors (Lipinski definition) is 3. The highest BCUT2D eigenvalue weighted by atomic mass is 16.5. The van der Waals surface area contributed by atoms with Crippen molar-refractivity contribution in [1.82, 2.24) is 0 Å². The molecule has 0 atom stereocenters. The second-order valence-corrected chi connectivity index (χ2v) is 21.7. The Morgan fingerprint density at radius 3 is 1.33 bits per heavy atom. The topological polar surface area (TPSA) is 15.7 Å². The van der Waals surface area contributed by atoms with Crippen LogP contribution in [0.25, 0.3) is 43.4 Å². The minimum absolute atomic E-state index is 0.00296. The number of para-hydroxylation sites is 2. The van der Waals surface area contributed by atoms with E-state index in [1.165, 1.54) is 65.7 Å². The van der Waals surface area contributed by atoms with Crippen LogP contribution in [0.15, 0.2) is 231 Å². The molecule has 0 unspecified atom stereocenters. The molecule has 0 amide bonds. The van der Waals surface area contributed by atoms with Gasteiger partial charge in [0.15, 0.2) is 0 Å². The smallest absolute Gasteiger partial charge is 0.132 e. The Morgan fingerprint density at radius 1 is 0.333 bits per heavy atom. The molecule has 1 spiro atoms. The quantitative estimate of drug-likeness (QED) is 0.165. The van der Waals surface area contributed by atoms with Gasteiger partial charge in [0.05, 0.1) is 22.5 Å². The number of rotatable bonds is 6. The molecule has 0 radical (unpaired) electrons. The second kappa shape index (κ2) is 16.3. The molecule has 1 heterocycles. The molecule has 1 aliphatic carbocycles. The van der Waals surface area contributed by atoms with E-state index in [1.54, 1.807) is 0 Å². The maximum Gasteiger partial charge on any atom is 0.132 e. The van der Waals surface area contributed by atoms with Crippen molar-refractivity contribution in [1.29, 1.82) is 0 Å². The summed E-state index contributed by atoms with van der Waals surface area (Å²) < 4.78 is 6.97. The molecule has 0 fully saturated rings. The number of hydrogen-bond donors (Lipinski definition) is 0. The Kier molecular flexibility index (Phi) is 9.89. The summed E-state index contributed by atoms with van der Waals surface area (Å²) in [5, 5.41) is 7.17. The molecule has 11 aromatic carbocycles. The molecule has 72 heavy (non-hydrogen) atoms. The Bertz CT molecular complexity index is 3870. The van der Waals surface area contributed by atoms with E-state index >= 15 is 0 Å². The minimum Gasteiger partial charge on any atom is -0.457 e. The number of nitrogens with zero attached hydrogens (tertiary/aromatic N) is 2. The zero-order chi connectivity index (χ0) is 48.9. The van der Waals surface area contributed by atoms with Crippen molar-refractivity contribution in [2.75, 3.05) is 9.80 Å². The van der Waals surface area contributed by atoms with Gasteiger partial charge in [0, 0.05) is 44.3 Å². The summed E-state index contributed by atoms with van der Waals surface area (Å²) in [7, 11) is 0. The van der Waals surface area contributed by atoms with Crippen LogP contribution in [0, 0.1) is 0 Å². The first-order chi connectivity index (χ1) is 35.0. The number of fused-ring (bicyclic) bond motifs is 13. The lowest BCUT2D eigenvalue weighted by molar-refractivity contribution is 0.436. The summed E-state index contributed by atoms with van der Waals surface area (Å²) in [4.78, 5) is 4.98. The summed E-state index contributed by atoms with van der Waals surface area (Å²) in [5.74, 6) is 1.73. The Labute approximate surface area is 423 Å². The fourth-order valence-electron chi connectivity index (χ4n) is 11.9. The van der Waals surface area contributed by atoms with Gasteiger partial charge in [-0.3, -0.25) is 0 Å². The second-order valence-electron chi connectivity index (χ2n) is 21.7. The molecule has 0 N–H and O–H groups in total. The standard InChI is InChI=1S/C69H56N2O/c1-67(2,3)47-33-37-49(38-34-47)70(61-29-17-21-45-19-7-9-23-52(45)61)51-41-42-56-59(43-51)69(57-27-13-15-31-64(57)72-65-32-16-14-28-58(65)69)60-44-63(54-25-11-12-26-55(54)66(56)60)71(50-39-35-48(36-40-50)68(4,5)6)62-30-18-22-46-20-8-10-24-53(46)62/h7-44H,1-6H3. The van der Waals surface area contributed by atoms with Crippen LogP contribution < -0.4 is 14.5 Å². The molecule has 0 bridgehead atoms. The van der Waals surface area contributed by atoms with Crippen LogP contribution in [0.3, 0.4) is 0 Å². The molecule has 3 nitrogen and oxygen atoms in total. The molecule has 2 aliphatic rings. The average Bonchev–Trinajstić information content (AvgIpc) is 3.68. The SMILES string of the molecule is CC(C)(C)c1ccc(N(c2ccc3c(c2)C2(c4ccccc4Oc4ccccc42)c2cc(N(c4ccc(C(C)(C)C)cc4)c4cccc5ccccc45)c4ccccc4c2-3)c2cccc3ccccc23)cc1. The first kappa shape index (κ1) is 43.6. The molecule has 11 aromatic rings. The lowest BCUT2D eigenvalue weighted by Gasteiger charge is -2.40. The molecule has 1 aliphatic heterocycles. The van der Waals surface area contributed by atoms with Crippen LogP contribution in [-0.2, 0) is 16.2 Å². The monoisotopic (exact) mass is 928 g/mol. The maximum absolute atomic E-state index is 6.97. The average molecular weight is 929 g/mol. The third-order valence-electron chi connectivity index (χ3n) is 15.4. The van der Waals surface area contributed by atoms with E-state index < -0.39 is 5.41 Å². The predicted octanol–water partition coefficient (Wildman–Crippen LogP) is 19.1. The number of benzene rings is 11. The van der Waals surface area contributed by atoms with Gasteiger partial charge >= 0.3 is 0 Å². The minimum atomic E-state index is -0.772. The molecule has 0 saturated heterocycles. The molecule has 0 aromatic heterocycles. The van der Waals surface area contributed by atoms with Gasteiger partial charge in [-0.25, -0.2) is 0 Å². The van der Waals surface area contributed by atoms with Gasteiger partial charge in [-0.1, -0.05) is 205 Å². The maximum atomic E-state index is 6.97.